The first-order valence-electron chi connectivity index (χ1n) is 8.31. The molecular formula is C15H22N4O5S. The van der Waals surface area contributed by atoms with Gasteiger partial charge in [0.2, 0.25) is 15.9 Å². The predicted molar refractivity (Wildman–Crippen MR) is 89.6 cm³/mol. The van der Waals surface area contributed by atoms with E-state index in [9.17, 15) is 22.8 Å². The molecule has 2 fully saturated rings. The summed E-state index contributed by atoms with van der Waals surface area (Å²) < 4.78 is 29.4. The second kappa shape index (κ2) is 6.41. The average Bonchev–Trinajstić information content (AvgIpc) is 2.93. The number of amides is 1. The number of rotatable bonds is 2. The minimum atomic E-state index is -4.06. The molecule has 0 unspecified atom stereocenters. The third-order valence-electron chi connectivity index (χ3n) is 5.00. The third-order valence-corrected chi connectivity index (χ3v) is 6.90. The van der Waals surface area contributed by atoms with Crippen LogP contribution in [0.15, 0.2) is 20.7 Å². The highest BCUT2D eigenvalue weighted by Gasteiger charge is 2.43. The van der Waals surface area contributed by atoms with E-state index in [1.54, 1.807) is 0 Å². The minimum Gasteiger partial charge on any atom is -0.352 e. The van der Waals surface area contributed by atoms with Gasteiger partial charge < -0.3 is 9.88 Å². The van der Waals surface area contributed by atoms with Crippen molar-refractivity contribution in [1.29, 1.82) is 0 Å². The summed E-state index contributed by atoms with van der Waals surface area (Å²) in [7, 11) is -1.40. The molecule has 2 aliphatic heterocycles. The van der Waals surface area contributed by atoms with E-state index in [1.165, 1.54) is 18.4 Å². The lowest BCUT2D eigenvalue weighted by molar-refractivity contribution is -0.122. The Bertz CT molecular complexity index is 917. The molecule has 3 heterocycles. The molecule has 1 aromatic rings. The summed E-state index contributed by atoms with van der Waals surface area (Å²) in [5.74, 6) is -0.0630. The van der Waals surface area contributed by atoms with Gasteiger partial charge in [0, 0.05) is 45.3 Å². The smallest absolute Gasteiger partial charge is 0.330 e. The van der Waals surface area contributed by atoms with Gasteiger partial charge in [0.05, 0.1) is 0 Å². The van der Waals surface area contributed by atoms with Gasteiger partial charge in [-0.25, -0.2) is 13.2 Å². The summed E-state index contributed by atoms with van der Waals surface area (Å²) >= 11 is 0. The summed E-state index contributed by atoms with van der Waals surface area (Å²) in [6.07, 6.45) is 4.15. The van der Waals surface area contributed by atoms with Crippen molar-refractivity contribution in [2.75, 3.05) is 6.54 Å². The number of aryl methyl sites for hydroxylation is 1. The number of sulfonamides is 1. The maximum Gasteiger partial charge on any atom is 0.330 e. The Morgan fingerprint density at radius 1 is 1.12 bits per heavy atom. The second-order valence-electron chi connectivity index (χ2n) is 6.64. The zero-order chi connectivity index (χ0) is 18.4. The molecule has 0 spiro atoms. The summed E-state index contributed by atoms with van der Waals surface area (Å²) in [5, 5.41) is 2.90. The van der Waals surface area contributed by atoms with Crippen molar-refractivity contribution in [2.24, 2.45) is 14.1 Å². The van der Waals surface area contributed by atoms with Crippen LogP contribution in [-0.4, -0.2) is 46.4 Å². The van der Waals surface area contributed by atoms with Crippen LogP contribution in [0.25, 0.3) is 0 Å². The lowest BCUT2D eigenvalue weighted by Gasteiger charge is -2.29. The molecule has 0 radical (unpaired) electrons. The van der Waals surface area contributed by atoms with Gasteiger partial charge in [0.1, 0.15) is 0 Å². The molecule has 2 saturated heterocycles. The Hall–Kier alpha value is -1.94. The molecule has 1 N–H and O–H groups in total. The van der Waals surface area contributed by atoms with Crippen molar-refractivity contribution in [3.8, 4) is 0 Å². The maximum atomic E-state index is 13.1. The number of hydrogen-bond acceptors (Lipinski definition) is 5. The van der Waals surface area contributed by atoms with Crippen molar-refractivity contribution in [3.63, 3.8) is 0 Å². The lowest BCUT2D eigenvalue weighted by Crippen LogP contribution is -2.49. The number of aromatic nitrogens is 2. The second-order valence-corrected chi connectivity index (χ2v) is 8.50. The molecule has 9 nitrogen and oxygen atoms in total. The van der Waals surface area contributed by atoms with Gasteiger partial charge in [-0.15, -0.1) is 0 Å². The predicted octanol–water partition coefficient (Wildman–Crippen LogP) is -1.09. The Morgan fingerprint density at radius 3 is 2.56 bits per heavy atom. The molecule has 0 saturated carbocycles. The molecule has 138 valence electrons. The zero-order valence-corrected chi connectivity index (χ0v) is 15.1. The van der Waals surface area contributed by atoms with Crippen molar-refractivity contribution in [3.05, 3.63) is 27.0 Å². The van der Waals surface area contributed by atoms with Gasteiger partial charge in [0.25, 0.3) is 5.56 Å². The summed E-state index contributed by atoms with van der Waals surface area (Å²) in [6, 6.07) is -0.602. The van der Waals surface area contributed by atoms with Crippen LogP contribution in [-0.2, 0) is 28.9 Å². The zero-order valence-electron chi connectivity index (χ0n) is 14.3. The van der Waals surface area contributed by atoms with Crippen LogP contribution in [0.5, 0.6) is 0 Å². The van der Waals surface area contributed by atoms with E-state index < -0.39 is 26.2 Å². The standard InChI is InChI=1S/C15H22N4O5S/c1-17-9-12(14(21)18(2)15(17)22)25(23,24)19-8-7-10-11(19)5-3-4-6-13(20)16-10/h9-11H,3-8H2,1-2H3,(H,16,20)/t10-,11+/m0/s1. The molecule has 1 aromatic heterocycles. The molecule has 1 amide bonds. The normalized spacial score (nSPS) is 25.1. The number of nitrogens with zero attached hydrogens (tertiary/aromatic N) is 3. The van der Waals surface area contributed by atoms with Gasteiger partial charge in [-0.1, -0.05) is 6.42 Å². The Morgan fingerprint density at radius 2 is 1.84 bits per heavy atom. The molecule has 10 heteroatoms. The average molecular weight is 370 g/mol. The van der Waals surface area contributed by atoms with Crippen molar-refractivity contribution in [2.45, 2.75) is 49.1 Å². The van der Waals surface area contributed by atoms with Crippen LogP contribution in [0.4, 0.5) is 0 Å². The molecule has 0 aromatic carbocycles. The molecule has 0 bridgehead atoms. The van der Waals surface area contributed by atoms with Crippen LogP contribution in [0.1, 0.15) is 32.1 Å². The van der Waals surface area contributed by atoms with Crippen LogP contribution in [0.3, 0.4) is 0 Å². The summed E-state index contributed by atoms with van der Waals surface area (Å²) in [5.41, 5.74) is -1.41. The number of fused-ring (bicyclic) bond motifs is 1. The number of hydrogen-bond donors (Lipinski definition) is 1. The molecule has 0 aliphatic carbocycles. The summed E-state index contributed by atoms with van der Waals surface area (Å²) in [6.45, 7) is 0.240. The van der Waals surface area contributed by atoms with E-state index in [2.05, 4.69) is 5.32 Å². The highest BCUT2D eigenvalue weighted by atomic mass is 32.2. The van der Waals surface area contributed by atoms with Gasteiger partial charge in [-0.05, 0) is 19.3 Å². The van der Waals surface area contributed by atoms with E-state index in [0.29, 0.717) is 25.7 Å². The van der Waals surface area contributed by atoms with Crippen LogP contribution in [0, 0.1) is 0 Å². The highest BCUT2D eigenvalue weighted by molar-refractivity contribution is 7.89. The van der Waals surface area contributed by atoms with Gasteiger partial charge >= 0.3 is 5.69 Å². The SMILES string of the molecule is Cn1cc(S(=O)(=O)N2CC[C@@H]3NC(=O)CCCC[C@H]32)c(=O)n(C)c1=O. The minimum absolute atomic E-state index is 0.0630. The molecule has 3 rings (SSSR count). The monoisotopic (exact) mass is 370 g/mol. The molecular weight excluding hydrogens is 348 g/mol. The first kappa shape index (κ1) is 17.9. The number of carbonyl (C=O) groups excluding carboxylic acids is 1. The quantitative estimate of drug-likeness (QED) is 0.711. The van der Waals surface area contributed by atoms with Crippen LogP contribution in [0.2, 0.25) is 0 Å². The highest BCUT2D eigenvalue weighted by Crippen LogP contribution is 2.29. The van der Waals surface area contributed by atoms with E-state index in [4.69, 9.17) is 0 Å². The lowest BCUT2D eigenvalue weighted by atomic mass is 9.99. The molecule has 2 aliphatic rings. The van der Waals surface area contributed by atoms with Crippen molar-refractivity contribution in [1.82, 2.24) is 18.8 Å². The molecule has 2 atom stereocenters. The van der Waals surface area contributed by atoms with Crippen LogP contribution >= 0.6 is 0 Å². The third kappa shape index (κ3) is 3.04. The first-order valence-corrected chi connectivity index (χ1v) is 9.75. The fourth-order valence-electron chi connectivity index (χ4n) is 3.63. The van der Waals surface area contributed by atoms with Gasteiger partial charge in [0.15, 0.2) is 4.90 Å². The number of carbonyl (C=O) groups is 1. The van der Waals surface area contributed by atoms with Crippen molar-refractivity contribution >= 4 is 15.9 Å². The fraction of sp³-hybridized carbons (Fsp3) is 0.667. The Kier molecular flexibility index (Phi) is 4.58. The fourth-order valence-corrected chi connectivity index (χ4v) is 5.49. The van der Waals surface area contributed by atoms with E-state index in [1.807, 2.05) is 0 Å². The van der Waals surface area contributed by atoms with Gasteiger partial charge in [-0.3, -0.25) is 14.2 Å². The Balaban J connectivity index is 2.02. The van der Waals surface area contributed by atoms with E-state index >= 15 is 0 Å². The van der Waals surface area contributed by atoms with Crippen LogP contribution < -0.4 is 16.6 Å². The van der Waals surface area contributed by atoms with E-state index in [0.717, 1.165) is 21.8 Å². The summed E-state index contributed by atoms with van der Waals surface area (Å²) in [4.78, 5) is 35.6. The Labute approximate surface area is 145 Å². The topological polar surface area (TPSA) is 110 Å². The maximum absolute atomic E-state index is 13.1. The van der Waals surface area contributed by atoms with Crippen molar-refractivity contribution < 1.29 is 13.2 Å². The largest absolute Gasteiger partial charge is 0.352 e. The first-order chi connectivity index (χ1) is 11.7. The number of nitrogens with one attached hydrogen (secondary N) is 1. The molecule has 25 heavy (non-hydrogen) atoms. The van der Waals surface area contributed by atoms with Gasteiger partial charge in [-0.2, -0.15) is 4.31 Å². The van der Waals surface area contributed by atoms with E-state index in [-0.39, 0.29) is 24.5 Å².